The Morgan fingerprint density at radius 3 is 2.41 bits per heavy atom. The molecule has 1 aliphatic heterocycles. The summed E-state index contributed by atoms with van der Waals surface area (Å²) in [6.07, 6.45) is -1.39. The number of carboxylic acid groups (broad SMARTS) is 1. The van der Waals surface area contributed by atoms with Crippen LogP contribution in [-0.4, -0.2) is 68.5 Å². The zero-order valence-electron chi connectivity index (χ0n) is 21.5. The first kappa shape index (κ1) is 28.3. The molecule has 11 heteroatoms. The molecule has 1 aromatic heterocycles. The molecule has 2 heterocycles. The van der Waals surface area contributed by atoms with E-state index < -0.39 is 47.3 Å². The van der Waals surface area contributed by atoms with Crippen molar-refractivity contribution in [3.63, 3.8) is 0 Å². The van der Waals surface area contributed by atoms with Crippen LogP contribution >= 0.6 is 11.3 Å². The lowest BCUT2D eigenvalue weighted by molar-refractivity contribution is -0.144. The molecule has 2 aromatic rings. The van der Waals surface area contributed by atoms with Crippen LogP contribution in [0.15, 0.2) is 29.8 Å². The SMILES string of the molecule is Cc1ncsc1-c1ccc(CNC(=O)C2C[C@@H](O)CN2C(=O)[C@@H](NC(=O)CCC(=O)O)C(C)(C)C)cc1. The van der Waals surface area contributed by atoms with Gasteiger partial charge < -0.3 is 25.7 Å². The van der Waals surface area contributed by atoms with Gasteiger partial charge in [-0.3, -0.25) is 19.2 Å². The Hall–Kier alpha value is -3.31. The largest absolute Gasteiger partial charge is 0.481 e. The highest BCUT2D eigenvalue weighted by Gasteiger charge is 2.44. The van der Waals surface area contributed by atoms with Crippen LogP contribution in [0.2, 0.25) is 0 Å². The van der Waals surface area contributed by atoms with E-state index in [0.29, 0.717) is 0 Å². The predicted molar refractivity (Wildman–Crippen MR) is 139 cm³/mol. The normalized spacial score (nSPS) is 18.4. The van der Waals surface area contributed by atoms with Gasteiger partial charge in [-0.15, -0.1) is 11.3 Å². The van der Waals surface area contributed by atoms with Gasteiger partial charge in [0.05, 0.1) is 28.6 Å². The van der Waals surface area contributed by atoms with Gasteiger partial charge in [-0.1, -0.05) is 45.0 Å². The number of aromatic nitrogens is 1. The van der Waals surface area contributed by atoms with Gasteiger partial charge in [0, 0.05) is 25.9 Å². The number of carbonyl (C=O) groups excluding carboxylic acids is 3. The maximum absolute atomic E-state index is 13.5. The number of benzene rings is 1. The topological polar surface area (TPSA) is 149 Å². The highest BCUT2D eigenvalue weighted by atomic mass is 32.1. The van der Waals surface area contributed by atoms with Crippen molar-refractivity contribution >= 4 is 35.0 Å². The maximum Gasteiger partial charge on any atom is 0.303 e. The number of hydrogen-bond acceptors (Lipinski definition) is 7. The first-order valence-electron chi connectivity index (χ1n) is 12.1. The van der Waals surface area contributed by atoms with Crippen molar-refractivity contribution in [2.45, 2.75) is 71.7 Å². The van der Waals surface area contributed by atoms with E-state index in [2.05, 4.69) is 15.6 Å². The van der Waals surface area contributed by atoms with Crippen molar-refractivity contribution in [1.82, 2.24) is 20.5 Å². The van der Waals surface area contributed by atoms with Crippen LogP contribution in [0, 0.1) is 12.3 Å². The summed E-state index contributed by atoms with van der Waals surface area (Å²) in [6.45, 7) is 7.49. The predicted octanol–water partition coefficient (Wildman–Crippen LogP) is 2.09. The van der Waals surface area contributed by atoms with Crippen LogP contribution in [0.1, 0.15) is 51.3 Å². The third kappa shape index (κ3) is 7.36. The summed E-state index contributed by atoms with van der Waals surface area (Å²) < 4.78 is 0. The van der Waals surface area contributed by atoms with Gasteiger partial charge >= 0.3 is 5.97 Å². The second kappa shape index (κ2) is 11.8. The zero-order chi connectivity index (χ0) is 27.3. The molecule has 0 bridgehead atoms. The molecule has 10 nitrogen and oxygen atoms in total. The fourth-order valence-corrected chi connectivity index (χ4v) is 5.05. The Morgan fingerprint density at radius 1 is 1.16 bits per heavy atom. The fraction of sp³-hybridized carbons (Fsp3) is 0.500. The van der Waals surface area contributed by atoms with Crippen LogP contribution in [0.5, 0.6) is 0 Å². The number of β-amino-alcohol motifs (C(OH)–C–C–N with tert-alkyl or cyclic N) is 1. The van der Waals surface area contributed by atoms with Gasteiger partial charge in [-0.2, -0.15) is 0 Å². The number of likely N-dealkylation sites (tertiary alicyclic amines) is 1. The first-order valence-corrected chi connectivity index (χ1v) is 13.0. The van der Waals surface area contributed by atoms with Gasteiger partial charge in [0.1, 0.15) is 12.1 Å². The Labute approximate surface area is 220 Å². The molecule has 1 aromatic carbocycles. The fourth-order valence-electron chi connectivity index (χ4n) is 4.23. The average Bonchev–Trinajstić information content (AvgIpc) is 3.44. The van der Waals surface area contributed by atoms with Gasteiger partial charge in [0.25, 0.3) is 0 Å². The van der Waals surface area contributed by atoms with Crippen LogP contribution in [0.3, 0.4) is 0 Å². The molecule has 1 unspecified atom stereocenters. The van der Waals surface area contributed by atoms with E-state index in [1.807, 2.05) is 31.2 Å². The lowest BCUT2D eigenvalue weighted by Gasteiger charge is -2.35. The van der Waals surface area contributed by atoms with E-state index in [1.54, 1.807) is 37.6 Å². The number of thiazole rings is 1. The summed E-state index contributed by atoms with van der Waals surface area (Å²) in [5, 5.41) is 24.6. The lowest BCUT2D eigenvalue weighted by Crippen LogP contribution is -2.57. The molecule has 3 rings (SSSR count). The van der Waals surface area contributed by atoms with Crippen molar-refractivity contribution in [3.8, 4) is 10.4 Å². The highest BCUT2D eigenvalue weighted by molar-refractivity contribution is 7.13. The molecule has 1 saturated heterocycles. The van der Waals surface area contributed by atoms with E-state index in [9.17, 15) is 24.3 Å². The van der Waals surface area contributed by atoms with Crippen molar-refractivity contribution in [3.05, 3.63) is 41.0 Å². The van der Waals surface area contributed by atoms with E-state index >= 15 is 0 Å². The Morgan fingerprint density at radius 2 is 1.84 bits per heavy atom. The monoisotopic (exact) mass is 530 g/mol. The number of aryl methyl sites for hydroxylation is 1. The Balaban J connectivity index is 1.66. The minimum absolute atomic E-state index is 0.0304. The number of nitrogens with one attached hydrogen (secondary N) is 2. The zero-order valence-corrected chi connectivity index (χ0v) is 22.3. The molecule has 3 amide bonds. The lowest BCUT2D eigenvalue weighted by atomic mass is 9.85. The van der Waals surface area contributed by atoms with E-state index in [4.69, 9.17) is 5.11 Å². The number of hydrogen-bond donors (Lipinski definition) is 4. The van der Waals surface area contributed by atoms with Crippen LogP contribution in [0.25, 0.3) is 10.4 Å². The van der Waals surface area contributed by atoms with E-state index in [0.717, 1.165) is 21.7 Å². The third-order valence-corrected chi connectivity index (χ3v) is 7.25. The molecule has 0 spiro atoms. The summed E-state index contributed by atoms with van der Waals surface area (Å²) in [5.74, 6) is -2.55. The molecule has 1 aliphatic rings. The highest BCUT2D eigenvalue weighted by Crippen LogP contribution is 2.28. The van der Waals surface area contributed by atoms with Gasteiger partial charge in [-0.25, -0.2) is 4.98 Å². The van der Waals surface area contributed by atoms with Crippen molar-refractivity contribution in [2.24, 2.45) is 5.41 Å². The molecular formula is C26H34N4O6S. The molecule has 3 atom stereocenters. The standard InChI is InChI=1S/C26H34N4O6S/c1-15-22(37-14-28-15)17-7-5-16(6-8-17)12-27-24(35)19-11-18(31)13-30(19)25(36)23(26(2,3)4)29-20(32)9-10-21(33)34/h5-8,14,18-19,23,31H,9-13H2,1-4H3,(H,27,35)(H,29,32)(H,33,34)/t18-,19?,23-/m1/s1. The number of rotatable bonds is 9. The molecular weight excluding hydrogens is 496 g/mol. The number of carboxylic acids is 1. The number of aliphatic carboxylic acids is 1. The number of nitrogens with zero attached hydrogens (tertiary/aromatic N) is 2. The molecule has 37 heavy (non-hydrogen) atoms. The van der Waals surface area contributed by atoms with Crippen molar-refractivity contribution in [1.29, 1.82) is 0 Å². The number of aliphatic hydroxyl groups excluding tert-OH is 1. The molecule has 200 valence electrons. The van der Waals surface area contributed by atoms with Crippen molar-refractivity contribution < 1.29 is 29.4 Å². The van der Waals surface area contributed by atoms with Crippen LogP contribution in [0.4, 0.5) is 0 Å². The molecule has 0 radical (unpaired) electrons. The van der Waals surface area contributed by atoms with E-state index in [1.165, 1.54) is 4.90 Å². The van der Waals surface area contributed by atoms with Gasteiger partial charge in [0.2, 0.25) is 17.7 Å². The number of carbonyl (C=O) groups is 4. The molecule has 0 aliphatic carbocycles. The maximum atomic E-state index is 13.5. The second-order valence-corrected chi connectivity index (χ2v) is 11.2. The van der Waals surface area contributed by atoms with Crippen LogP contribution in [-0.2, 0) is 25.7 Å². The summed E-state index contributed by atoms with van der Waals surface area (Å²) in [5.41, 5.74) is 3.98. The second-order valence-electron chi connectivity index (χ2n) is 10.3. The summed E-state index contributed by atoms with van der Waals surface area (Å²) >= 11 is 1.56. The van der Waals surface area contributed by atoms with Crippen molar-refractivity contribution in [2.75, 3.05) is 6.54 Å². The summed E-state index contributed by atoms with van der Waals surface area (Å²) in [7, 11) is 0. The smallest absolute Gasteiger partial charge is 0.303 e. The van der Waals surface area contributed by atoms with Gasteiger partial charge in [-0.05, 0) is 23.5 Å². The minimum Gasteiger partial charge on any atom is -0.481 e. The molecule has 1 fully saturated rings. The molecule has 4 N–H and O–H groups in total. The van der Waals surface area contributed by atoms with Crippen LogP contribution < -0.4 is 10.6 Å². The number of aliphatic hydroxyl groups is 1. The third-order valence-electron chi connectivity index (χ3n) is 6.28. The average molecular weight is 531 g/mol. The Kier molecular flexibility index (Phi) is 9.03. The van der Waals surface area contributed by atoms with E-state index in [-0.39, 0.29) is 32.4 Å². The Bertz CT molecular complexity index is 1140. The number of amides is 3. The van der Waals surface area contributed by atoms with Gasteiger partial charge in [0.15, 0.2) is 0 Å². The minimum atomic E-state index is -1.11. The molecule has 0 saturated carbocycles. The summed E-state index contributed by atoms with van der Waals surface area (Å²) in [4.78, 5) is 56.3. The quantitative estimate of drug-likeness (QED) is 0.388. The first-order chi connectivity index (χ1) is 17.4. The summed E-state index contributed by atoms with van der Waals surface area (Å²) in [6, 6.07) is 5.91.